The number of anilines is 1. The van der Waals surface area contributed by atoms with Crippen LogP contribution in [-0.4, -0.2) is 30.9 Å². The fraction of sp³-hybridized carbons (Fsp3) is 0.280. The molecule has 1 heterocycles. The highest BCUT2D eigenvalue weighted by atomic mass is 33.1. The first-order valence-electron chi connectivity index (χ1n) is 10.5. The molecule has 2 aromatic carbocycles. The molecule has 0 aliphatic rings. The molecule has 0 unspecified atom stereocenters. The molecular formula is C25H28N2O3S2. The standard InChI is InChI=1S/C25H28N2O3S2/c1-29-22-13-12-20(18-23(22)30-2)8-5-7-19-9-6-10-21(17-19)27-24(28)14-16-31-32-25-11-3-4-15-26-25/h3-4,6,9-13,15,17-18H,5,7-8,14,16H2,1-2H3,(H,27,28). The molecule has 0 atom stereocenters. The van der Waals surface area contributed by atoms with Gasteiger partial charge in [0.25, 0.3) is 0 Å². The summed E-state index contributed by atoms with van der Waals surface area (Å²) in [6.45, 7) is 0. The molecule has 0 bridgehead atoms. The van der Waals surface area contributed by atoms with E-state index in [-0.39, 0.29) is 5.91 Å². The molecule has 3 aromatic rings. The fourth-order valence-electron chi connectivity index (χ4n) is 3.19. The molecule has 0 aliphatic heterocycles. The number of amides is 1. The lowest BCUT2D eigenvalue weighted by Crippen LogP contribution is -2.12. The van der Waals surface area contributed by atoms with Crippen molar-refractivity contribution >= 4 is 33.2 Å². The summed E-state index contributed by atoms with van der Waals surface area (Å²) in [5.41, 5.74) is 3.28. The monoisotopic (exact) mass is 468 g/mol. The number of carbonyl (C=O) groups is 1. The maximum absolute atomic E-state index is 12.3. The van der Waals surface area contributed by atoms with Crippen LogP contribution in [0.1, 0.15) is 24.0 Å². The first-order chi connectivity index (χ1) is 15.7. The largest absolute Gasteiger partial charge is 0.493 e. The molecule has 0 aliphatic carbocycles. The Morgan fingerprint density at radius 1 is 0.938 bits per heavy atom. The third-order valence-corrected chi connectivity index (χ3v) is 7.05. The second-order valence-corrected chi connectivity index (χ2v) is 9.55. The Hall–Kier alpha value is -2.64. The highest BCUT2D eigenvalue weighted by molar-refractivity contribution is 8.76. The van der Waals surface area contributed by atoms with E-state index in [2.05, 4.69) is 28.5 Å². The molecule has 7 heteroatoms. The number of aromatic nitrogens is 1. The van der Waals surface area contributed by atoms with E-state index < -0.39 is 0 Å². The van der Waals surface area contributed by atoms with Gasteiger partial charge in [0.05, 0.1) is 14.2 Å². The smallest absolute Gasteiger partial charge is 0.225 e. The van der Waals surface area contributed by atoms with Crippen molar-refractivity contribution in [3.63, 3.8) is 0 Å². The molecule has 0 saturated carbocycles. The molecule has 1 N–H and O–H groups in total. The Bertz CT molecular complexity index is 999. The average molecular weight is 469 g/mol. The van der Waals surface area contributed by atoms with Gasteiger partial charge in [-0.05, 0) is 77.6 Å². The molecular weight excluding hydrogens is 440 g/mol. The lowest BCUT2D eigenvalue weighted by atomic mass is 10.0. The van der Waals surface area contributed by atoms with Crippen molar-refractivity contribution in [3.05, 3.63) is 78.0 Å². The Kier molecular flexibility index (Phi) is 9.78. The van der Waals surface area contributed by atoms with Crippen molar-refractivity contribution in [1.29, 1.82) is 0 Å². The van der Waals surface area contributed by atoms with Crippen LogP contribution >= 0.6 is 21.6 Å². The minimum atomic E-state index is 0.0293. The third kappa shape index (κ3) is 7.80. The van der Waals surface area contributed by atoms with Crippen molar-refractivity contribution < 1.29 is 14.3 Å². The number of hydrogen-bond donors (Lipinski definition) is 1. The number of aryl methyl sites for hydroxylation is 2. The number of nitrogens with one attached hydrogen (secondary N) is 1. The minimum absolute atomic E-state index is 0.0293. The number of carbonyl (C=O) groups excluding carboxylic acids is 1. The van der Waals surface area contributed by atoms with Crippen LogP contribution in [0.2, 0.25) is 0 Å². The third-order valence-electron chi connectivity index (χ3n) is 4.78. The van der Waals surface area contributed by atoms with Crippen LogP contribution in [0.3, 0.4) is 0 Å². The Labute approximate surface area is 197 Å². The van der Waals surface area contributed by atoms with Gasteiger partial charge in [-0.1, -0.05) is 35.1 Å². The van der Waals surface area contributed by atoms with Crippen molar-refractivity contribution in [3.8, 4) is 11.5 Å². The first-order valence-corrected chi connectivity index (χ1v) is 12.8. The van der Waals surface area contributed by atoms with Crippen LogP contribution in [-0.2, 0) is 17.6 Å². The van der Waals surface area contributed by atoms with Gasteiger partial charge in [-0.25, -0.2) is 4.98 Å². The minimum Gasteiger partial charge on any atom is -0.493 e. The van der Waals surface area contributed by atoms with Crippen LogP contribution in [0.15, 0.2) is 71.9 Å². The number of hydrogen-bond acceptors (Lipinski definition) is 6. The van der Waals surface area contributed by atoms with E-state index in [0.717, 1.165) is 47.2 Å². The van der Waals surface area contributed by atoms with E-state index in [4.69, 9.17) is 9.47 Å². The molecule has 0 saturated heterocycles. The number of nitrogens with zero attached hydrogens (tertiary/aromatic N) is 1. The zero-order valence-electron chi connectivity index (χ0n) is 18.4. The van der Waals surface area contributed by atoms with Crippen molar-refractivity contribution in [2.75, 3.05) is 25.3 Å². The summed E-state index contributed by atoms with van der Waals surface area (Å²) < 4.78 is 10.7. The van der Waals surface area contributed by atoms with Gasteiger partial charge in [-0.15, -0.1) is 0 Å². The Morgan fingerprint density at radius 3 is 2.50 bits per heavy atom. The number of pyridine rings is 1. The van der Waals surface area contributed by atoms with Crippen LogP contribution in [0.25, 0.3) is 0 Å². The van der Waals surface area contributed by atoms with E-state index in [0.29, 0.717) is 6.42 Å². The van der Waals surface area contributed by atoms with Gasteiger partial charge in [0.2, 0.25) is 5.91 Å². The molecule has 1 aromatic heterocycles. The van der Waals surface area contributed by atoms with E-state index in [9.17, 15) is 4.79 Å². The number of methoxy groups -OCH3 is 2. The molecule has 1 amide bonds. The highest BCUT2D eigenvalue weighted by Gasteiger charge is 2.06. The number of benzene rings is 2. The Morgan fingerprint density at radius 2 is 1.75 bits per heavy atom. The quantitative estimate of drug-likeness (QED) is 0.258. The highest BCUT2D eigenvalue weighted by Crippen LogP contribution is 2.30. The van der Waals surface area contributed by atoms with Crippen molar-refractivity contribution in [2.45, 2.75) is 30.7 Å². The zero-order valence-corrected chi connectivity index (χ0v) is 20.0. The molecule has 0 spiro atoms. The van der Waals surface area contributed by atoms with Crippen molar-refractivity contribution in [2.24, 2.45) is 0 Å². The van der Waals surface area contributed by atoms with Gasteiger partial charge < -0.3 is 14.8 Å². The molecule has 0 radical (unpaired) electrons. The van der Waals surface area contributed by atoms with Gasteiger partial charge in [-0.3, -0.25) is 4.79 Å². The average Bonchev–Trinajstić information content (AvgIpc) is 2.82. The topological polar surface area (TPSA) is 60.5 Å². The van der Waals surface area contributed by atoms with E-state index in [1.54, 1.807) is 42.0 Å². The van der Waals surface area contributed by atoms with Crippen LogP contribution < -0.4 is 14.8 Å². The van der Waals surface area contributed by atoms with E-state index >= 15 is 0 Å². The zero-order chi connectivity index (χ0) is 22.6. The molecule has 168 valence electrons. The molecule has 5 nitrogen and oxygen atoms in total. The summed E-state index contributed by atoms with van der Waals surface area (Å²) in [6.07, 6.45) is 5.13. The molecule has 32 heavy (non-hydrogen) atoms. The SMILES string of the molecule is COc1ccc(CCCc2cccc(NC(=O)CCSSc3ccccn3)c2)cc1OC. The van der Waals surface area contributed by atoms with Crippen molar-refractivity contribution in [1.82, 2.24) is 4.98 Å². The van der Waals surface area contributed by atoms with Gasteiger partial charge in [0.15, 0.2) is 11.5 Å². The van der Waals surface area contributed by atoms with Gasteiger partial charge in [0, 0.05) is 24.1 Å². The summed E-state index contributed by atoms with van der Waals surface area (Å²) in [6, 6.07) is 20.0. The Balaban J connectivity index is 1.41. The lowest BCUT2D eigenvalue weighted by Gasteiger charge is -2.10. The lowest BCUT2D eigenvalue weighted by molar-refractivity contribution is -0.115. The van der Waals surface area contributed by atoms with Crippen LogP contribution in [0.4, 0.5) is 5.69 Å². The summed E-state index contributed by atoms with van der Waals surface area (Å²) in [5.74, 6) is 2.26. The summed E-state index contributed by atoms with van der Waals surface area (Å²) >= 11 is 0. The van der Waals surface area contributed by atoms with Crippen LogP contribution in [0, 0.1) is 0 Å². The predicted octanol–water partition coefficient (Wildman–Crippen LogP) is 6.04. The van der Waals surface area contributed by atoms with Gasteiger partial charge >= 0.3 is 0 Å². The number of ether oxygens (including phenoxy) is 2. The second kappa shape index (κ2) is 13.0. The molecule has 3 rings (SSSR count). The van der Waals surface area contributed by atoms with E-state index in [1.165, 1.54) is 11.1 Å². The normalized spacial score (nSPS) is 10.6. The second-order valence-electron chi connectivity index (χ2n) is 7.11. The molecule has 0 fully saturated rings. The van der Waals surface area contributed by atoms with Gasteiger partial charge in [-0.2, -0.15) is 0 Å². The predicted molar refractivity (Wildman–Crippen MR) is 134 cm³/mol. The summed E-state index contributed by atoms with van der Waals surface area (Å²) in [7, 11) is 6.53. The van der Waals surface area contributed by atoms with Gasteiger partial charge in [0.1, 0.15) is 5.03 Å². The van der Waals surface area contributed by atoms with E-state index in [1.807, 2.05) is 42.5 Å². The number of rotatable bonds is 12. The maximum Gasteiger partial charge on any atom is 0.225 e. The summed E-state index contributed by atoms with van der Waals surface area (Å²) in [5, 5.41) is 3.97. The first kappa shape index (κ1) is 24.0. The van der Waals surface area contributed by atoms with Crippen LogP contribution in [0.5, 0.6) is 11.5 Å². The maximum atomic E-state index is 12.3. The summed E-state index contributed by atoms with van der Waals surface area (Å²) in [4.78, 5) is 16.5. The fourth-order valence-corrected chi connectivity index (χ4v) is 5.06.